The minimum absolute atomic E-state index is 0.166. The summed E-state index contributed by atoms with van der Waals surface area (Å²) in [5.41, 5.74) is 0. The van der Waals surface area contributed by atoms with Gasteiger partial charge in [0.25, 0.3) is 3.91 Å². The van der Waals surface area contributed by atoms with Crippen molar-refractivity contribution in [2.24, 2.45) is 0 Å². The van der Waals surface area contributed by atoms with Crippen LogP contribution in [0.4, 0.5) is 4.79 Å². The van der Waals surface area contributed by atoms with Crippen LogP contribution in [0.2, 0.25) is 0 Å². The van der Waals surface area contributed by atoms with Crippen molar-refractivity contribution in [3.05, 3.63) is 0 Å². The molecule has 0 aromatic heterocycles. The van der Waals surface area contributed by atoms with Crippen LogP contribution in [0.25, 0.3) is 0 Å². The molecule has 1 fully saturated rings. The van der Waals surface area contributed by atoms with Crippen LogP contribution in [0.1, 0.15) is 6.92 Å². The van der Waals surface area contributed by atoms with Gasteiger partial charge in [-0.15, -0.1) is 0 Å². The molecule has 1 amide bonds. The molecule has 5 heteroatoms. The van der Waals surface area contributed by atoms with Crippen molar-refractivity contribution in [3.8, 4) is 0 Å². The Kier molecular flexibility index (Phi) is 3.83. The summed E-state index contributed by atoms with van der Waals surface area (Å²) in [6.45, 7) is 4.86. The molecule has 1 unspecified atom stereocenters. The first-order valence-electron chi connectivity index (χ1n) is 3.48. The van der Waals surface area contributed by atoms with E-state index in [2.05, 4.69) is 32.9 Å². The van der Waals surface area contributed by atoms with Gasteiger partial charge in [-0.05, 0) is 6.92 Å². The van der Waals surface area contributed by atoms with Gasteiger partial charge in [0.05, 0.1) is 0 Å². The van der Waals surface area contributed by atoms with Crippen molar-refractivity contribution in [1.82, 2.24) is 8.01 Å². The molecule has 3 nitrogen and oxygen atoms in total. The fourth-order valence-corrected chi connectivity index (χ4v) is 1.93. The molecule has 1 heterocycles. The Morgan fingerprint density at radius 2 is 2.18 bits per heavy atom. The SMILES string of the molecule is CC1CN(C(=O)I)CCN1I. The fourth-order valence-electron chi connectivity index (χ4n) is 1.10. The number of nitrogens with zero attached hydrogens (tertiary/aromatic N) is 2. The number of carbonyl (C=O) groups is 1. The lowest BCUT2D eigenvalue weighted by molar-refractivity contribution is 0.182. The number of amides is 1. The largest absolute Gasteiger partial charge is 0.331 e. The maximum Gasteiger partial charge on any atom is 0.283 e. The van der Waals surface area contributed by atoms with Gasteiger partial charge < -0.3 is 4.90 Å². The Labute approximate surface area is 94.1 Å². The Balaban J connectivity index is 2.46. The van der Waals surface area contributed by atoms with Crippen LogP contribution in [-0.4, -0.2) is 37.6 Å². The summed E-state index contributed by atoms with van der Waals surface area (Å²) in [4.78, 5) is 12.8. The standard InChI is InChI=1S/C6H10I2N2O/c1-5-4-9(6(7)11)2-3-10(5)8/h5H,2-4H2,1H3. The van der Waals surface area contributed by atoms with Crippen molar-refractivity contribution >= 4 is 49.4 Å². The van der Waals surface area contributed by atoms with Crippen molar-refractivity contribution in [1.29, 1.82) is 0 Å². The summed E-state index contributed by atoms with van der Waals surface area (Å²) in [7, 11) is 0. The summed E-state index contributed by atoms with van der Waals surface area (Å²) in [5.74, 6) is 0. The third-order valence-corrected chi connectivity index (χ3v) is 3.91. The van der Waals surface area contributed by atoms with E-state index in [1.807, 2.05) is 27.5 Å². The first kappa shape index (κ1) is 9.97. The highest BCUT2D eigenvalue weighted by atomic mass is 127. The maximum atomic E-state index is 10.9. The highest BCUT2D eigenvalue weighted by Gasteiger charge is 2.23. The second kappa shape index (κ2) is 4.22. The van der Waals surface area contributed by atoms with Gasteiger partial charge in [0.15, 0.2) is 0 Å². The molecular formula is C6H10I2N2O. The zero-order chi connectivity index (χ0) is 8.43. The fraction of sp³-hybridized carbons (Fsp3) is 0.833. The van der Waals surface area contributed by atoms with Crippen molar-refractivity contribution in [2.45, 2.75) is 13.0 Å². The molecule has 0 bridgehead atoms. The van der Waals surface area contributed by atoms with Gasteiger partial charge in [0.2, 0.25) is 0 Å². The maximum absolute atomic E-state index is 10.9. The highest BCUT2D eigenvalue weighted by molar-refractivity contribution is 14.1. The first-order chi connectivity index (χ1) is 5.11. The second-order valence-electron chi connectivity index (χ2n) is 2.67. The molecule has 0 spiro atoms. The van der Waals surface area contributed by atoms with Crippen LogP contribution in [0.15, 0.2) is 0 Å². The predicted octanol–water partition coefficient (Wildman–Crippen LogP) is 1.90. The molecule has 1 aliphatic rings. The molecule has 64 valence electrons. The summed E-state index contributed by atoms with van der Waals surface area (Å²) in [6.07, 6.45) is 0. The average molecular weight is 380 g/mol. The van der Waals surface area contributed by atoms with Crippen LogP contribution < -0.4 is 0 Å². The van der Waals surface area contributed by atoms with E-state index in [1.165, 1.54) is 0 Å². The number of hydrogen-bond acceptors (Lipinski definition) is 2. The minimum atomic E-state index is 0.166. The molecule has 1 aliphatic heterocycles. The summed E-state index contributed by atoms with van der Waals surface area (Å²) in [5, 5.41) is 0. The number of halogens is 2. The third-order valence-electron chi connectivity index (χ3n) is 1.80. The summed E-state index contributed by atoms with van der Waals surface area (Å²) in [6, 6.07) is 0.489. The first-order valence-corrected chi connectivity index (χ1v) is 5.52. The predicted molar refractivity (Wildman–Crippen MR) is 61.2 cm³/mol. The molecule has 0 saturated carbocycles. The lowest BCUT2D eigenvalue weighted by atomic mass is 10.2. The highest BCUT2D eigenvalue weighted by Crippen LogP contribution is 2.15. The quantitative estimate of drug-likeness (QED) is 0.278. The van der Waals surface area contributed by atoms with Gasteiger partial charge in [-0.1, -0.05) is 0 Å². The third kappa shape index (κ3) is 2.69. The van der Waals surface area contributed by atoms with E-state index < -0.39 is 0 Å². The molecule has 0 aromatic rings. The van der Waals surface area contributed by atoms with Crippen molar-refractivity contribution < 1.29 is 4.79 Å². The van der Waals surface area contributed by atoms with Crippen LogP contribution >= 0.6 is 45.5 Å². The molecule has 0 aliphatic carbocycles. The van der Waals surface area contributed by atoms with E-state index in [1.54, 1.807) is 0 Å². The number of hydrogen-bond donors (Lipinski definition) is 0. The second-order valence-corrected chi connectivity index (χ2v) is 4.83. The van der Waals surface area contributed by atoms with Crippen LogP contribution in [0.3, 0.4) is 0 Å². The van der Waals surface area contributed by atoms with Crippen LogP contribution in [0.5, 0.6) is 0 Å². The molecule has 0 aromatic carbocycles. The summed E-state index contributed by atoms with van der Waals surface area (Å²) >= 11 is 4.15. The number of rotatable bonds is 0. The number of piperazine rings is 1. The number of carbonyl (C=O) groups excluding carboxylic acids is 1. The Bertz CT molecular complexity index is 165. The van der Waals surface area contributed by atoms with E-state index in [-0.39, 0.29) is 3.91 Å². The minimum Gasteiger partial charge on any atom is -0.331 e. The molecule has 0 radical (unpaired) electrons. The van der Waals surface area contributed by atoms with Gasteiger partial charge >= 0.3 is 0 Å². The van der Waals surface area contributed by atoms with E-state index in [4.69, 9.17) is 0 Å². The van der Waals surface area contributed by atoms with Crippen LogP contribution in [0, 0.1) is 0 Å². The van der Waals surface area contributed by atoms with Crippen molar-refractivity contribution in [2.75, 3.05) is 19.6 Å². The monoisotopic (exact) mass is 380 g/mol. The van der Waals surface area contributed by atoms with E-state index in [0.29, 0.717) is 6.04 Å². The van der Waals surface area contributed by atoms with Gasteiger partial charge in [-0.3, -0.25) is 4.79 Å². The zero-order valence-electron chi connectivity index (χ0n) is 6.26. The lowest BCUT2D eigenvalue weighted by Gasteiger charge is -2.35. The Morgan fingerprint density at radius 3 is 2.64 bits per heavy atom. The Morgan fingerprint density at radius 1 is 1.55 bits per heavy atom. The van der Waals surface area contributed by atoms with Gasteiger partial charge in [-0.25, -0.2) is 3.11 Å². The molecule has 0 N–H and O–H groups in total. The van der Waals surface area contributed by atoms with Crippen LogP contribution in [-0.2, 0) is 0 Å². The lowest BCUT2D eigenvalue weighted by Crippen LogP contribution is -2.48. The van der Waals surface area contributed by atoms with E-state index >= 15 is 0 Å². The molecule has 1 saturated heterocycles. The van der Waals surface area contributed by atoms with Gasteiger partial charge in [0, 0.05) is 71.1 Å². The average Bonchev–Trinajstić information content (AvgIpc) is 1.94. The smallest absolute Gasteiger partial charge is 0.283 e. The zero-order valence-corrected chi connectivity index (χ0v) is 10.6. The normalized spacial score (nSPS) is 27.2. The van der Waals surface area contributed by atoms with Crippen molar-refractivity contribution in [3.63, 3.8) is 0 Å². The summed E-state index contributed by atoms with van der Waals surface area (Å²) < 4.78 is 2.41. The molecule has 1 atom stereocenters. The van der Waals surface area contributed by atoms with E-state index in [0.717, 1.165) is 19.6 Å². The molecule has 1 rings (SSSR count). The molecular weight excluding hydrogens is 370 g/mol. The van der Waals surface area contributed by atoms with Gasteiger partial charge in [0.1, 0.15) is 0 Å². The van der Waals surface area contributed by atoms with Gasteiger partial charge in [-0.2, -0.15) is 0 Å². The Hall–Kier alpha value is 0.890. The molecule has 11 heavy (non-hydrogen) atoms. The van der Waals surface area contributed by atoms with E-state index in [9.17, 15) is 4.79 Å². The topological polar surface area (TPSA) is 23.6 Å².